The Morgan fingerprint density at radius 3 is 1.06 bits per heavy atom. The molecule has 0 aromatic rings. The summed E-state index contributed by atoms with van der Waals surface area (Å²) in [6, 6.07) is 0. The van der Waals surface area contributed by atoms with Gasteiger partial charge in [0, 0.05) is 12.8 Å². The molecule has 0 spiro atoms. The van der Waals surface area contributed by atoms with Gasteiger partial charge in [-0.15, -0.1) is 0 Å². The van der Waals surface area contributed by atoms with Gasteiger partial charge in [0.15, 0.2) is 6.10 Å². The number of rotatable bonds is 51. The fourth-order valence-electron chi connectivity index (χ4n) is 7.58. The van der Waals surface area contributed by atoms with E-state index in [1.54, 1.807) is 0 Å². The SMILES string of the molecule is CC/C=C\C/C=C\C/C=C\C/C=C\C/C=C\CCOCC(COC(=O)CCCCCCCCCCC/C=C\C/C=C\CCCCC)OC(=O)CCCCCCCCC/C=C\C/C=C\CCCCC. The Hall–Kier alpha value is -3.44. The van der Waals surface area contributed by atoms with Crippen molar-refractivity contribution in [3.05, 3.63) is 109 Å². The molecule has 0 aromatic carbocycles. The van der Waals surface area contributed by atoms with Crippen LogP contribution < -0.4 is 0 Å². The van der Waals surface area contributed by atoms with Crippen LogP contribution in [0.3, 0.4) is 0 Å². The zero-order valence-corrected chi connectivity index (χ0v) is 44.6. The number of hydrogen-bond donors (Lipinski definition) is 0. The Morgan fingerprint density at radius 2 is 0.662 bits per heavy atom. The number of esters is 2. The summed E-state index contributed by atoms with van der Waals surface area (Å²) < 4.78 is 17.4. The largest absolute Gasteiger partial charge is 0.462 e. The average molecular weight is 944 g/mol. The lowest BCUT2D eigenvalue weighted by Crippen LogP contribution is -2.30. The van der Waals surface area contributed by atoms with Gasteiger partial charge in [-0.3, -0.25) is 9.59 Å². The molecular formula is C63H106O5. The van der Waals surface area contributed by atoms with Gasteiger partial charge in [0.2, 0.25) is 0 Å². The molecule has 5 heteroatoms. The van der Waals surface area contributed by atoms with Crippen LogP contribution in [0.2, 0.25) is 0 Å². The molecule has 0 aliphatic carbocycles. The second-order valence-electron chi connectivity index (χ2n) is 18.4. The molecule has 0 fully saturated rings. The molecule has 0 N–H and O–H groups in total. The van der Waals surface area contributed by atoms with Crippen LogP contribution in [0.1, 0.15) is 252 Å². The predicted octanol–water partition coefficient (Wildman–Crippen LogP) is 19.6. The summed E-state index contributed by atoms with van der Waals surface area (Å²) >= 11 is 0. The molecule has 0 saturated carbocycles. The van der Waals surface area contributed by atoms with Gasteiger partial charge in [-0.25, -0.2) is 0 Å². The minimum Gasteiger partial charge on any atom is -0.462 e. The first-order chi connectivity index (χ1) is 33.6. The van der Waals surface area contributed by atoms with Gasteiger partial charge in [-0.1, -0.05) is 233 Å². The molecule has 0 rings (SSSR count). The van der Waals surface area contributed by atoms with Crippen LogP contribution >= 0.6 is 0 Å². The fourth-order valence-corrected chi connectivity index (χ4v) is 7.58. The molecule has 0 radical (unpaired) electrons. The third-order valence-corrected chi connectivity index (χ3v) is 11.8. The molecule has 388 valence electrons. The van der Waals surface area contributed by atoms with Crippen LogP contribution in [-0.2, 0) is 23.8 Å². The van der Waals surface area contributed by atoms with Crippen molar-refractivity contribution in [3.8, 4) is 0 Å². The molecule has 0 saturated heterocycles. The van der Waals surface area contributed by atoms with E-state index in [1.165, 1.54) is 122 Å². The quantitative estimate of drug-likeness (QED) is 0.0345. The van der Waals surface area contributed by atoms with E-state index in [2.05, 4.69) is 130 Å². The molecule has 1 atom stereocenters. The minimum absolute atomic E-state index is 0.0448. The summed E-state index contributed by atoms with van der Waals surface area (Å²) in [5.41, 5.74) is 0. The van der Waals surface area contributed by atoms with Crippen molar-refractivity contribution in [1.29, 1.82) is 0 Å². The van der Waals surface area contributed by atoms with Crippen LogP contribution in [0, 0.1) is 0 Å². The van der Waals surface area contributed by atoms with E-state index in [-0.39, 0.29) is 25.2 Å². The maximum atomic E-state index is 12.9. The van der Waals surface area contributed by atoms with Crippen molar-refractivity contribution in [2.24, 2.45) is 0 Å². The third-order valence-electron chi connectivity index (χ3n) is 11.8. The normalized spacial score (nSPS) is 13.0. The van der Waals surface area contributed by atoms with Crippen molar-refractivity contribution in [2.75, 3.05) is 19.8 Å². The summed E-state index contributed by atoms with van der Waals surface area (Å²) in [5.74, 6) is -0.452. The van der Waals surface area contributed by atoms with Crippen LogP contribution in [0.4, 0.5) is 0 Å². The van der Waals surface area contributed by atoms with Gasteiger partial charge in [-0.05, 0) is 116 Å². The Labute approximate surface area is 421 Å². The Morgan fingerprint density at radius 1 is 0.338 bits per heavy atom. The maximum absolute atomic E-state index is 12.9. The predicted molar refractivity (Wildman–Crippen MR) is 297 cm³/mol. The number of allylic oxidation sites excluding steroid dienone is 17. The summed E-state index contributed by atoms with van der Waals surface area (Å²) in [4.78, 5) is 25.5. The van der Waals surface area contributed by atoms with Crippen molar-refractivity contribution < 1.29 is 23.8 Å². The number of ether oxygens (including phenoxy) is 3. The van der Waals surface area contributed by atoms with E-state index in [0.29, 0.717) is 19.4 Å². The Bertz CT molecular complexity index is 1340. The van der Waals surface area contributed by atoms with E-state index >= 15 is 0 Å². The van der Waals surface area contributed by atoms with Gasteiger partial charge in [0.05, 0.1) is 13.2 Å². The summed E-state index contributed by atoms with van der Waals surface area (Å²) in [6.07, 6.45) is 79.8. The highest BCUT2D eigenvalue weighted by molar-refractivity contribution is 5.70. The highest BCUT2D eigenvalue weighted by Gasteiger charge is 2.17. The highest BCUT2D eigenvalue weighted by Crippen LogP contribution is 2.14. The molecule has 0 amide bonds. The zero-order chi connectivity index (χ0) is 49.2. The highest BCUT2D eigenvalue weighted by atomic mass is 16.6. The van der Waals surface area contributed by atoms with Crippen LogP contribution in [0.5, 0.6) is 0 Å². The molecule has 0 bridgehead atoms. The first-order valence-corrected chi connectivity index (χ1v) is 28.4. The Balaban J connectivity index is 4.39. The van der Waals surface area contributed by atoms with Crippen LogP contribution in [0.25, 0.3) is 0 Å². The zero-order valence-electron chi connectivity index (χ0n) is 44.6. The molecule has 0 aliphatic rings. The van der Waals surface area contributed by atoms with Gasteiger partial charge in [-0.2, -0.15) is 0 Å². The van der Waals surface area contributed by atoms with Crippen LogP contribution in [0.15, 0.2) is 109 Å². The topological polar surface area (TPSA) is 61.8 Å². The standard InChI is InChI=1S/C63H106O5/c1-4-7-10-13-16-19-22-25-28-31-32-34-35-38-41-44-47-50-53-56-62(64)67-60-61(59-66-58-55-52-49-46-43-40-37-30-27-24-21-18-15-12-9-6-3)68-63(65)57-54-51-48-45-42-39-36-33-29-26-23-20-17-14-11-8-5-2/h9,12,16-21,25-30,40,43,49,52,61H,4-8,10-11,13-15,22-24,31-39,41-42,44-48,50-51,53-60H2,1-3H3/b12-9-,19-16-,20-17-,21-18-,28-25-,29-26-,30-27-,43-40-,52-49-. The van der Waals surface area contributed by atoms with E-state index in [9.17, 15) is 9.59 Å². The lowest BCUT2D eigenvalue weighted by molar-refractivity contribution is -0.162. The first-order valence-electron chi connectivity index (χ1n) is 28.4. The molecule has 5 nitrogen and oxygen atoms in total. The van der Waals surface area contributed by atoms with E-state index in [4.69, 9.17) is 14.2 Å². The number of carbonyl (C=O) groups excluding carboxylic acids is 2. The second-order valence-corrected chi connectivity index (χ2v) is 18.4. The molecule has 0 aromatic heterocycles. The van der Waals surface area contributed by atoms with E-state index in [0.717, 1.165) is 96.3 Å². The smallest absolute Gasteiger partial charge is 0.306 e. The maximum Gasteiger partial charge on any atom is 0.306 e. The number of hydrogen-bond acceptors (Lipinski definition) is 5. The fraction of sp³-hybridized carbons (Fsp3) is 0.683. The monoisotopic (exact) mass is 943 g/mol. The molecule has 0 heterocycles. The van der Waals surface area contributed by atoms with Crippen molar-refractivity contribution in [3.63, 3.8) is 0 Å². The van der Waals surface area contributed by atoms with Gasteiger partial charge >= 0.3 is 11.9 Å². The third kappa shape index (κ3) is 55.2. The number of unbranched alkanes of at least 4 members (excludes halogenated alkanes) is 22. The van der Waals surface area contributed by atoms with E-state index in [1.807, 2.05) is 0 Å². The van der Waals surface area contributed by atoms with E-state index < -0.39 is 6.10 Å². The minimum atomic E-state index is -0.589. The summed E-state index contributed by atoms with van der Waals surface area (Å²) in [7, 11) is 0. The van der Waals surface area contributed by atoms with Gasteiger partial charge < -0.3 is 14.2 Å². The average Bonchev–Trinajstić information content (AvgIpc) is 3.34. The molecular weight excluding hydrogens is 837 g/mol. The van der Waals surface area contributed by atoms with Crippen molar-refractivity contribution in [2.45, 2.75) is 258 Å². The molecule has 0 aliphatic heterocycles. The van der Waals surface area contributed by atoms with Crippen molar-refractivity contribution in [1.82, 2.24) is 0 Å². The Kier molecular flexibility index (Phi) is 54.9. The molecule has 1 unspecified atom stereocenters. The van der Waals surface area contributed by atoms with Gasteiger partial charge in [0.25, 0.3) is 0 Å². The van der Waals surface area contributed by atoms with Gasteiger partial charge in [0.1, 0.15) is 6.61 Å². The first kappa shape index (κ1) is 64.6. The second kappa shape index (κ2) is 57.9. The summed E-state index contributed by atoms with van der Waals surface area (Å²) in [5, 5.41) is 0. The molecule has 68 heavy (non-hydrogen) atoms. The lowest BCUT2D eigenvalue weighted by Gasteiger charge is -2.18. The summed E-state index contributed by atoms with van der Waals surface area (Å²) in [6.45, 7) is 7.45. The number of carbonyl (C=O) groups is 2. The van der Waals surface area contributed by atoms with Crippen LogP contribution in [-0.4, -0.2) is 37.9 Å². The van der Waals surface area contributed by atoms with Crippen molar-refractivity contribution >= 4 is 11.9 Å². The lowest BCUT2D eigenvalue weighted by atomic mass is 10.1.